The predicted molar refractivity (Wildman–Crippen MR) is 51.0 cm³/mol. The van der Waals surface area contributed by atoms with Crippen molar-refractivity contribution >= 4 is 5.91 Å². The molecule has 3 nitrogen and oxygen atoms in total. The number of amides is 1. The monoisotopic (exact) mass is 185 g/mol. The van der Waals surface area contributed by atoms with Gasteiger partial charge in [-0.2, -0.15) is 0 Å². The summed E-state index contributed by atoms with van der Waals surface area (Å²) in [6.45, 7) is 2.41. The number of hydrogen-bond acceptors (Lipinski definition) is 2. The Bertz CT molecular complexity index is 151. The van der Waals surface area contributed by atoms with E-state index < -0.39 is 0 Å². The summed E-state index contributed by atoms with van der Waals surface area (Å²) in [6, 6.07) is 0. The van der Waals surface area contributed by atoms with Crippen LogP contribution in [0.5, 0.6) is 0 Å². The average molecular weight is 185 g/mol. The largest absolute Gasteiger partial charge is 0.274 e. The van der Waals surface area contributed by atoms with Crippen LogP contribution in [-0.2, 0) is 9.63 Å². The molecule has 0 radical (unpaired) electrons. The van der Waals surface area contributed by atoms with E-state index in [1.807, 2.05) is 6.92 Å². The maximum Gasteiger partial charge on any atom is 0.246 e. The highest BCUT2D eigenvalue weighted by Gasteiger charge is 2.19. The van der Waals surface area contributed by atoms with Crippen LogP contribution in [0.3, 0.4) is 0 Å². The molecule has 1 rings (SSSR count). The minimum absolute atomic E-state index is 0.0729. The smallest absolute Gasteiger partial charge is 0.246 e. The van der Waals surface area contributed by atoms with Gasteiger partial charge in [-0.05, 0) is 19.8 Å². The molecule has 0 heterocycles. The van der Waals surface area contributed by atoms with Crippen LogP contribution in [0.2, 0.25) is 0 Å². The average Bonchev–Trinajstić information content (AvgIpc) is 2.42. The van der Waals surface area contributed by atoms with E-state index in [-0.39, 0.29) is 11.8 Å². The van der Waals surface area contributed by atoms with Gasteiger partial charge in [-0.1, -0.05) is 25.7 Å². The van der Waals surface area contributed by atoms with Crippen molar-refractivity contribution in [3.8, 4) is 0 Å². The summed E-state index contributed by atoms with van der Waals surface area (Å²) in [7, 11) is 0. The Balaban J connectivity index is 2.26. The van der Waals surface area contributed by atoms with Crippen LogP contribution in [0, 0.1) is 5.92 Å². The molecule has 76 valence electrons. The summed E-state index contributed by atoms with van der Waals surface area (Å²) < 4.78 is 0. The zero-order valence-electron chi connectivity index (χ0n) is 8.34. The number of nitrogens with one attached hydrogen (secondary N) is 1. The molecule has 0 aromatic heterocycles. The number of hydrogen-bond donors (Lipinski definition) is 1. The van der Waals surface area contributed by atoms with Crippen LogP contribution in [0.1, 0.15) is 45.4 Å². The highest BCUT2D eigenvalue weighted by Crippen LogP contribution is 2.22. The first kappa shape index (κ1) is 10.5. The summed E-state index contributed by atoms with van der Waals surface area (Å²) in [5.74, 6) is 0.262. The first-order chi connectivity index (χ1) is 6.34. The summed E-state index contributed by atoms with van der Waals surface area (Å²) in [5, 5.41) is 0. The normalized spacial score (nSPS) is 19.5. The molecule has 1 fully saturated rings. The summed E-state index contributed by atoms with van der Waals surface area (Å²) in [5.41, 5.74) is 2.49. The Morgan fingerprint density at radius 1 is 1.31 bits per heavy atom. The fraction of sp³-hybridized carbons (Fsp3) is 0.900. The number of hydroxylamine groups is 1. The van der Waals surface area contributed by atoms with Gasteiger partial charge in [0.05, 0.1) is 6.61 Å². The van der Waals surface area contributed by atoms with E-state index in [1.54, 1.807) is 0 Å². The third-order valence-corrected chi connectivity index (χ3v) is 2.54. The molecule has 0 bridgehead atoms. The maximum absolute atomic E-state index is 11.5. The van der Waals surface area contributed by atoms with Crippen LogP contribution in [0.25, 0.3) is 0 Å². The lowest BCUT2D eigenvalue weighted by atomic mass is 10.0. The molecule has 0 spiro atoms. The van der Waals surface area contributed by atoms with Crippen LogP contribution in [0.15, 0.2) is 0 Å². The van der Waals surface area contributed by atoms with Crippen molar-refractivity contribution in [3.63, 3.8) is 0 Å². The Hall–Kier alpha value is -0.570. The van der Waals surface area contributed by atoms with Gasteiger partial charge < -0.3 is 0 Å². The van der Waals surface area contributed by atoms with E-state index in [9.17, 15) is 4.79 Å². The van der Waals surface area contributed by atoms with Crippen LogP contribution < -0.4 is 5.48 Å². The Labute approximate surface area is 79.8 Å². The number of carbonyl (C=O) groups excluding carboxylic acids is 1. The van der Waals surface area contributed by atoms with Crippen molar-refractivity contribution in [1.29, 1.82) is 0 Å². The van der Waals surface area contributed by atoms with E-state index in [0.717, 1.165) is 12.8 Å². The molecule has 1 aliphatic rings. The van der Waals surface area contributed by atoms with Gasteiger partial charge in [0.25, 0.3) is 0 Å². The fourth-order valence-electron chi connectivity index (χ4n) is 1.77. The third kappa shape index (κ3) is 3.77. The Kier molecular flexibility index (Phi) is 4.83. The van der Waals surface area contributed by atoms with Crippen molar-refractivity contribution in [3.05, 3.63) is 0 Å². The van der Waals surface area contributed by atoms with Crippen molar-refractivity contribution in [2.24, 2.45) is 5.92 Å². The lowest BCUT2D eigenvalue weighted by Gasteiger charge is -2.12. The standard InChI is InChI=1S/C10H19NO2/c1-2-13-11-10(12)9-7-5-3-4-6-8-9/h9H,2-8H2,1H3,(H,11,12). The molecule has 3 heteroatoms. The minimum Gasteiger partial charge on any atom is -0.274 e. The van der Waals surface area contributed by atoms with Gasteiger partial charge in [0, 0.05) is 5.92 Å². The lowest BCUT2D eigenvalue weighted by Crippen LogP contribution is -2.30. The van der Waals surface area contributed by atoms with Crippen molar-refractivity contribution in [2.45, 2.75) is 45.4 Å². The topological polar surface area (TPSA) is 38.3 Å². The number of rotatable bonds is 3. The molecule has 0 saturated heterocycles. The molecule has 0 aliphatic heterocycles. The van der Waals surface area contributed by atoms with E-state index >= 15 is 0 Å². The summed E-state index contributed by atoms with van der Waals surface area (Å²) in [6.07, 6.45) is 6.98. The first-order valence-corrected chi connectivity index (χ1v) is 5.26. The second-order valence-corrected chi connectivity index (χ2v) is 3.59. The first-order valence-electron chi connectivity index (χ1n) is 5.26. The SMILES string of the molecule is CCONC(=O)C1CCCCCC1. The molecular weight excluding hydrogens is 166 g/mol. The minimum atomic E-state index is 0.0729. The molecule has 13 heavy (non-hydrogen) atoms. The molecule has 1 amide bonds. The molecule has 1 aliphatic carbocycles. The highest BCUT2D eigenvalue weighted by atomic mass is 16.6. The van der Waals surface area contributed by atoms with E-state index in [0.29, 0.717) is 6.61 Å². The van der Waals surface area contributed by atoms with E-state index in [1.165, 1.54) is 25.7 Å². The Morgan fingerprint density at radius 2 is 1.92 bits per heavy atom. The molecule has 1 saturated carbocycles. The van der Waals surface area contributed by atoms with Crippen molar-refractivity contribution in [1.82, 2.24) is 5.48 Å². The second-order valence-electron chi connectivity index (χ2n) is 3.59. The maximum atomic E-state index is 11.5. The number of carbonyl (C=O) groups is 1. The predicted octanol–water partition coefficient (Wildman–Crippen LogP) is 2.02. The van der Waals surface area contributed by atoms with Crippen molar-refractivity contribution in [2.75, 3.05) is 6.61 Å². The van der Waals surface area contributed by atoms with E-state index in [2.05, 4.69) is 5.48 Å². The van der Waals surface area contributed by atoms with Gasteiger partial charge in [0.2, 0.25) is 5.91 Å². The van der Waals surface area contributed by atoms with Gasteiger partial charge in [-0.15, -0.1) is 0 Å². The molecule has 1 N–H and O–H groups in total. The van der Waals surface area contributed by atoms with Gasteiger partial charge in [0.15, 0.2) is 0 Å². The van der Waals surface area contributed by atoms with Gasteiger partial charge in [-0.25, -0.2) is 5.48 Å². The quantitative estimate of drug-likeness (QED) is 0.539. The molecule has 0 atom stereocenters. The molecular formula is C10H19NO2. The van der Waals surface area contributed by atoms with Gasteiger partial charge >= 0.3 is 0 Å². The molecule has 0 aromatic carbocycles. The lowest BCUT2D eigenvalue weighted by molar-refractivity contribution is -0.137. The molecule has 0 unspecified atom stereocenters. The van der Waals surface area contributed by atoms with Gasteiger partial charge in [0.1, 0.15) is 0 Å². The zero-order valence-corrected chi connectivity index (χ0v) is 8.34. The van der Waals surface area contributed by atoms with Gasteiger partial charge in [-0.3, -0.25) is 9.63 Å². The highest BCUT2D eigenvalue weighted by molar-refractivity contribution is 5.77. The summed E-state index contributed by atoms with van der Waals surface area (Å²) >= 11 is 0. The second kappa shape index (κ2) is 5.97. The van der Waals surface area contributed by atoms with Crippen LogP contribution >= 0.6 is 0 Å². The summed E-state index contributed by atoms with van der Waals surface area (Å²) in [4.78, 5) is 16.4. The zero-order chi connectivity index (χ0) is 9.52. The Morgan fingerprint density at radius 3 is 2.46 bits per heavy atom. The van der Waals surface area contributed by atoms with Crippen molar-refractivity contribution < 1.29 is 9.63 Å². The van der Waals surface area contributed by atoms with E-state index in [4.69, 9.17) is 4.84 Å². The van der Waals surface area contributed by atoms with Crippen LogP contribution in [-0.4, -0.2) is 12.5 Å². The fourth-order valence-corrected chi connectivity index (χ4v) is 1.77. The third-order valence-electron chi connectivity index (χ3n) is 2.54. The molecule has 0 aromatic rings. The van der Waals surface area contributed by atoms with Crippen LogP contribution in [0.4, 0.5) is 0 Å².